The molecular weight excluding hydrogens is 328 g/mol. The molecule has 4 nitrogen and oxygen atoms in total. The van der Waals surface area contributed by atoms with Crippen LogP contribution in [0.3, 0.4) is 0 Å². The first-order valence-corrected chi connectivity index (χ1v) is 11.0. The molecule has 0 saturated carbocycles. The van der Waals surface area contributed by atoms with Crippen molar-refractivity contribution in [2.24, 2.45) is 11.8 Å². The lowest BCUT2D eigenvalue weighted by Gasteiger charge is -2.19. The van der Waals surface area contributed by atoms with E-state index in [1.54, 1.807) is 0 Å². The van der Waals surface area contributed by atoms with Crippen LogP contribution in [0.25, 0.3) is 0 Å². The third-order valence-corrected chi connectivity index (χ3v) is 5.35. The van der Waals surface area contributed by atoms with Crippen molar-refractivity contribution in [2.45, 2.75) is 117 Å². The fourth-order valence-electron chi connectivity index (χ4n) is 3.62. The van der Waals surface area contributed by atoms with Gasteiger partial charge in [0, 0.05) is 0 Å². The van der Waals surface area contributed by atoms with Gasteiger partial charge in [-0.05, 0) is 12.3 Å². The summed E-state index contributed by atoms with van der Waals surface area (Å²) in [4.78, 5) is 22.3. The number of rotatable bonds is 19. The first-order chi connectivity index (χ1) is 12.5. The van der Waals surface area contributed by atoms with Crippen molar-refractivity contribution in [3.8, 4) is 0 Å². The third kappa shape index (κ3) is 14.1. The molecule has 0 aromatic carbocycles. The van der Waals surface area contributed by atoms with Crippen LogP contribution in [0.4, 0.5) is 0 Å². The fraction of sp³-hybridized carbons (Fsp3) is 0.909. The van der Waals surface area contributed by atoms with E-state index in [1.807, 2.05) is 0 Å². The van der Waals surface area contributed by atoms with E-state index in [0.717, 1.165) is 38.5 Å². The van der Waals surface area contributed by atoms with Gasteiger partial charge in [0.05, 0.1) is 0 Å². The summed E-state index contributed by atoms with van der Waals surface area (Å²) in [5.74, 6) is -3.40. The minimum atomic E-state index is -1.25. The highest BCUT2D eigenvalue weighted by atomic mass is 16.4. The molecule has 0 radical (unpaired) electrons. The zero-order valence-corrected chi connectivity index (χ0v) is 17.2. The molecule has 0 rings (SSSR count). The Hall–Kier alpha value is -1.06. The second-order valence-electron chi connectivity index (χ2n) is 7.80. The number of aliphatic carboxylic acids is 2. The monoisotopic (exact) mass is 370 g/mol. The molecule has 154 valence electrons. The Morgan fingerprint density at radius 2 is 0.962 bits per heavy atom. The zero-order valence-electron chi connectivity index (χ0n) is 17.2. The third-order valence-electron chi connectivity index (χ3n) is 5.35. The van der Waals surface area contributed by atoms with E-state index >= 15 is 0 Å². The van der Waals surface area contributed by atoms with Crippen LogP contribution in [0.5, 0.6) is 0 Å². The van der Waals surface area contributed by atoms with Crippen molar-refractivity contribution in [1.29, 1.82) is 0 Å². The van der Waals surface area contributed by atoms with Gasteiger partial charge in [0.25, 0.3) is 0 Å². The van der Waals surface area contributed by atoms with Crippen LogP contribution in [0.1, 0.15) is 117 Å². The molecule has 0 bridgehead atoms. The summed E-state index contributed by atoms with van der Waals surface area (Å²) in [5.41, 5.74) is 0. The molecule has 1 atom stereocenters. The summed E-state index contributed by atoms with van der Waals surface area (Å²) in [7, 11) is 0. The van der Waals surface area contributed by atoms with Crippen molar-refractivity contribution in [3.05, 3.63) is 0 Å². The van der Waals surface area contributed by atoms with E-state index in [-0.39, 0.29) is 12.3 Å². The molecular formula is C22H42O4. The first-order valence-electron chi connectivity index (χ1n) is 11.0. The Balaban J connectivity index is 3.99. The lowest BCUT2D eigenvalue weighted by Crippen LogP contribution is -2.26. The highest BCUT2D eigenvalue weighted by Crippen LogP contribution is 2.25. The summed E-state index contributed by atoms with van der Waals surface area (Å²) in [6, 6.07) is 0. The molecule has 0 heterocycles. The Morgan fingerprint density at radius 1 is 0.615 bits per heavy atom. The number of unbranched alkanes of at least 4 members (excludes halogenated alkanes) is 11. The minimum absolute atomic E-state index is 0.229. The van der Waals surface area contributed by atoms with Crippen LogP contribution >= 0.6 is 0 Å². The predicted molar refractivity (Wildman–Crippen MR) is 107 cm³/mol. The van der Waals surface area contributed by atoms with Gasteiger partial charge in [-0.25, -0.2) is 0 Å². The Morgan fingerprint density at radius 3 is 1.38 bits per heavy atom. The molecule has 0 aliphatic carbocycles. The number of carboxylic acid groups (broad SMARTS) is 2. The van der Waals surface area contributed by atoms with Crippen molar-refractivity contribution in [3.63, 3.8) is 0 Å². The van der Waals surface area contributed by atoms with Gasteiger partial charge in [-0.15, -0.1) is 0 Å². The summed E-state index contributed by atoms with van der Waals surface area (Å²) in [6.07, 6.45) is 18.4. The van der Waals surface area contributed by atoms with E-state index in [0.29, 0.717) is 0 Å². The Kier molecular flexibility index (Phi) is 16.7. The zero-order chi connectivity index (χ0) is 19.6. The molecule has 26 heavy (non-hydrogen) atoms. The van der Waals surface area contributed by atoms with Crippen molar-refractivity contribution >= 4 is 11.9 Å². The largest absolute Gasteiger partial charge is 0.481 e. The number of carbonyl (C=O) groups is 2. The molecule has 2 N–H and O–H groups in total. The van der Waals surface area contributed by atoms with E-state index in [2.05, 4.69) is 13.8 Å². The SMILES string of the molecule is CCCCCCCCCCCCC(CCCCC)CC(C(=O)O)C(=O)O. The lowest BCUT2D eigenvalue weighted by atomic mass is 9.86. The maximum absolute atomic E-state index is 11.2. The molecule has 0 aliphatic rings. The standard InChI is InChI=1S/C22H42O4/c1-3-5-7-8-9-10-11-12-13-15-17-19(16-14-6-4-2)18-20(21(23)24)22(25)26/h19-20H,3-18H2,1-2H3,(H,23,24)(H,25,26). The summed E-state index contributed by atoms with van der Waals surface area (Å²) < 4.78 is 0. The number of carboxylic acids is 2. The quantitative estimate of drug-likeness (QED) is 0.197. The van der Waals surface area contributed by atoms with Gasteiger partial charge in [-0.2, -0.15) is 0 Å². The van der Waals surface area contributed by atoms with Gasteiger partial charge in [0.15, 0.2) is 5.92 Å². The first kappa shape index (κ1) is 24.9. The molecule has 0 fully saturated rings. The highest BCUT2D eigenvalue weighted by molar-refractivity contribution is 5.92. The van der Waals surface area contributed by atoms with Crippen molar-refractivity contribution in [1.82, 2.24) is 0 Å². The van der Waals surface area contributed by atoms with E-state index in [1.165, 1.54) is 57.8 Å². The Bertz CT molecular complexity index is 340. The van der Waals surface area contributed by atoms with Gasteiger partial charge in [0.2, 0.25) is 0 Å². The van der Waals surface area contributed by atoms with Crippen LogP contribution < -0.4 is 0 Å². The summed E-state index contributed by atoms with van der Waals surface area (Å²) in [5, 5.41) is 18.3. The smallest absolute Gasteiger partial charge is 0.317 e. The number of hydrogen-bond acceptors (Lipinski definition) is 2. The lowest BCUT2D eigenvalue weighted by molar-refractivity contribution is -0.155. The topological polar surface area (TPSA) is 74.6 Å². The summed E-state index contributed by atoms with van der Waals surface area (Å²) >= 11 is 0. The van der Waals surface area contributed by atoms with Gasteiger partial charge in [-0.3, -0.25) is 9.59 Å². The van der Waals surface area contributed by atoms with Gasteiger partial charge < -0.3 is 10.2 Å². The minimum Gasteiger partial charge on any atom is -0.481 e. The maximum atomic E-state index is 11.2. The molecule has 4 heteroatoms. The van der Waals surface area contributed by atoms with Crippen LogP contribution in [0.2, 0.25) is 0 Å². The fourth-order valence-corrected chi connectivity index (χ4v) is 3.62. The molecule has 0 aliphatic heterocycles. The average molecular weight is 371 g/mol. The van der Waals surface area contributed by atoms with Crippen LogP contribution in [-0.2, 0) is 9.59 Å². The van der Waals surface area contributed by atoms with Crippen LogP contribution in [0, 0.1) is 11.8 Å². The van der Waals surface area contributed by atoms with Crippen molar-refractivity contribution in [2.75, 3.05) is 0 Å². The summed E-state index contributed by atoms with van der Waals surface area (Å²) in [6.45, 7) is 4.39. The van der Waals surface area contributed by atoms with E-state index in [4.69, 9.17) is 10.2 Å². The second kappa shape index (κ2) is 17.4. The van der Waals surface area contributed by atoms with Crippen LogP contribution in [-0.4, -0.2) is 22.2 Å². The molecule has 1 unspecified atom stereocenters. The molecule has 0 amide bonds. The van der Waals surface area contributed by atoms with Gasteiger partial charge >= 0.3 is 11.9 Å². The van der Waals surface area contributed by atoms with E-state index in [9.17, 15) is 9.59 Å². The Labute approximate surface area is 160 Å². The molecule has 0 saturated heterocycles. The van der Waals surface area contributed by atoms with Gasteiger partial charge in [-0.1, -0.05) is 110 Å². The van der Waals surface area contributed by atoms with Crippen molar-refractivity contribution < 1.29 is 19.8 Å². The van der Waals surface area contributed by atoms with Crippen LogP contribution in [0.15, 0.2) is 0 Å². The normalized spacial score (nSPS) is 12.4. The number of hydrogen-bond donors (Lipinski definition) is 2. The highest BCUT2D eigenvalue weighted by Gasteiger charge is 2.28. The molecule has 0 spiro atoms. The van der Waals surface area contributed by atoms with Gasteiger partial charge in [0.1, 0.15) is 0 Å². The molecule has 0 aromatic heterocycles. The maximum Gasteiger partial charge on any atom is 0.317 e. The predicted octanol–water partition coefficient (Wildman–Crippen LogP) is 6.67. The van der Waals surface area contributed by atoms with E-state index < -0.39 is 17.9 Å². The average Bonchev–Trinajstić information content (AvgIpc) is 2.60. The second-order valence-corrected chi connectivity index (χ2v) is 7.80. The molecule has 0 aromatic rings.